The maximum absolute atomic E-state index is 13.3. The second-order valence-electron chi connectivity index (χ2n) is 11.8. The monoisotopic (exact) mass is 703 g/mol. The molecule has 3 aromatic heterocycles. The number of benzene rings is 2. The van der Waals surface area contributed by atoms with Crippen molar-refractivity contribution in [2.75, 3.05) is 13.7 Å². The topological polar surface area (TPSA) is 87.0 Å². The van der Waals surface area contributed by atoms with Gasteiger partial charge in [0.15, 0.2) is 0 Å². The molecule has 0 saturated carbocycles. The minimum Gasteiger partial charge on any atom is -0.493 e. The largest absolute Gasteiger partial charge is 0.493 e. The molecule has 0 spiro atoms. The van der Waals surface area contributed by atoms with Crippen molar-refractivity contribution in [1.82, 2.24) is 24.5 Å². The number of halogens is 1. The number of esters is 1. The van der Waals surface area contributed by atoms with Gasteiger partial charge >= 0.3 is 5.97 Å². The van der Waals surface area contributed by atoms with E-state index in [2.05, 4.69) is 47.5 Å². The van der Waals surface area contributed by atoms with E-state index >= 15 is 0 Å². The van der Waals surface area contributed by atoms with Crippen molar-refractivity contribution in [2.45, 2.75) is 68.6 Å². The SMILES string of the molecule is CC.COC(=O)c1c2c3ccc(Cl)c(c3n1C)-c1c(nn(C)c1C)CSCc1cc([nH]n1)CSc1cc3c(c(c1)OCCC2)C=CCC3. The molecule has 1 N–H and O–H groups in total. The molecule has 0 fully saturated rings. The number of fused-ring (bicyclic) bond motifs is 8. The Balaban J connectivity index is 0.00000197. The summed E-state index contributed by atoms with van der Waals surface area (Å²) in [4.78, 5) is 14.5. The summed E-state index contributed by atoms with van der Waals surface area (Å²) in [6, 6.07) is 10.6. The summed E-state index contributed by atoms with van der Waals surface area (Å²) in [6.07, 6.45) is 7.80. The second-order valence-corrected chi connectivity index (χ2v) is 14.2. The zero-order valence-electron chi connectivity index (χ0n) is 28.4. The smallest absolute Gasteiger partial charge is 0.354 e. The quantitative estimate of drug-likeness (QED) is 0.174. The van der Waals surface area contributed by atoms with E-state index in [1.165, 1.54) is 17.6 Å². The molecule has 8 nitrogen and oxygen atoms in total. The fourth-order valence-corrected chi connectivity index (χ4v) is 8.64. The number of thioether (sulfide) groups is 2. The van der Waals surface area contributed by atoms with Gasteiger partial charge in [0, 0.05) is 69.7 Å². The Labute approximate surface area is 295 Å². The third-order valence-electron chi connectivity index (χ3n) is 8.91. The lowest BCUT2D eigenvalue weighted by molar-refractivity contribution is 0.0589. The lowest BCUT2D eigenvalue weighted by Crippen LogP contribution is -2.11. The summed E-state index contributed by atoms with van der Waals surface area (Å²) < 4.78 is 15.7. The zero-order chi connectivity index (χ0) is 33.9. The Hall–Kier alpha value is -3.60. The molecule has 8 bridgehead atoms. The predicted molar refractivity (Wildman–Crippen MR) is 198 cm³/mol. The van der Waals surface area contributed by atoms with E-state index in [1.807, 2.05) is 49.3 Å². The van der Waals surface area contributed by atoms with Crippen molar-refractivity contribution < 1.29 is 14.3 Å². The highest BCUT2D eigenvalue weighted by Crippen LogP contribution is 2.43. The molecule has 4 heterocycles. The maximum atomic E-state index is 13.3. The summed E-state index contributed by atoms with van der Waals surface area (Å²) in [6.45, 7) is 6.58. The van der Waals surface area contributed by atoms with Crippen LogP contribution >= 0.6 is 35.1 Å². The fraction of sp³-hybridized carbons (Fsp3) is 0.378. The summed E-state index contributed by atoms with van der Waals surface area (Å²) >= 11 is 10.6. The molecule has 2 aliphatic rings. The molecule has 2 aromatic carbocycles. The zero-order valence-corrected chi connectivity index (χ0v) is 30.8. The van der Waals surface area contributed by atoms with E-state index in [1.54, 1.807) is 23.5 Å². The predicted octanol–water partition coefficient (Wildman–Crippen LogP) is 9.09. The molecule has 1 aliphatic heterocycles. The third kappa shape index (κ3) is 6.54. The number of hydrogen-bond donors (Lipinski definition) is 1. The number of aryl methyl sites for hydroxylation is 4. The minimum atomic E-state index is -0.368. The van der Waals surface area contributed by atoms with Crippen molar-refractivity contribution in [3.8, 4) is 16.9 Å². The highest BCUT2D eigenvalue weighted by Gasteiger charge is 2.28. The maximum Gasteiger partial charge on any atom is 0.354 e. The lowest BCUT2D eigenvalue weighted by Gasteiger charge is -2.18. The fourth-order valence-electron chi connectivity index (χ4n) is 6.65. The summed E-state index contributed by atoms with van der Waals surface area (Å²) in [5.41, 5.74) is 10.8. The molecule has 0 amide bonds. The molecule has 0 atom stereocenters. The van der Waals surface area contributed by atoms with Crippen molar-refractivity contribution in [2.24, 2.45) is 14.1 Å². The van der Waals surface area contributed by atoms with Gasteiger partial charge in [0.2, 0.25) is 0 Å². The normalized spacial score (nSPS) is 14.7. The summed E-state index contributed by atoms with van der Waals surface area (Å²) in [5.74, 6) is 2.77. The van der Waals surface area contributed by atoms with Crippen LogP contribution in [0.1, 0.15) is 76.6 Å². The first kappa shape index (κ1) is 34.3. The lowest BCUT2D eigenvalue weighted by atomic mass is 9.96. The Kier molecular flexibility index (Phi) is 10.6. The Morgan fingerprint density at radius 3 is 2.73 bits per heavy atom. The molecule has 252 valence electrons. The molecular weight excluding hydrogens is 662 g/mol. The minimum absolute atomic E-state index is 0.368. The van der Waals surface area contributed by atoms with Crippen LogP contribution in [0.5, 0.6) is 5.75 Å². The molecule has 48 heavy (non-hydrogen) atoms. The Bertz CT molecular complexity index is 2010. The Morgan fingerprint density at radius 2 is 1.92 bits per heavy atom. The van der Waals surface area contributed by atoms with E-state index in [9.17, 15) is 4.79 Å². The average Bonchev–Trinajstić information content (AvgIpc) is 3.76. The van der Waals surface area contributed by atoms with E-state index in [0.29, 0.717) is 29.5 Å². The van der Waals surface area contributed by atoms with Gasteiger partial charge in [-0.25, -0.2) is 4.79 Å². The Morgan fingerprint density at radius 1 is 1.08 bits per heavy atom. The first-order valence-corrected chi connectivity index (χ1v) is 19.0. The van der Waals surface area contributed by atoms with Crippen LogP contribution in [0.15, 0.2) is 41.3 Å². The van der Waals surface area contributed by atoms with Gasteiger partial charge in [0.05, 0.1) is 35.6 Å². The van der Waals surface area contributed by atoms with E-state index in [0.717, 1.165) is 92.5 Å². The molecule has 0 unspecified atom stereocenters. The number of aromatic amines is 1. The molecule has 1 aliphatic carbocycles. The number of methoxy groups -OCH3 is 1. The van der Waals surface area contributed by atoms with Crippen molar-refractivity contribution in [1.29, 1.82) is 0 Å². The van der Waals surface area contributed by atoms with Gasteiger partial charge in [-0.15, -0.1) is 23.5 Å². The molecular formula is C37H42ClN5O3S2. The number of carbonyl (C=O) groups is 1. The summed E-state index contributed by atoms with van der Waals surface area (Å²) in [7, 11) is 5.31. The van der Waals surface area contributed by atoms with Gasteiger partial charge in [0.1, 0.15) is 11.4 Å². The van der Waals surface area contributed by atoms with Crippen molar-refractivity contribution >= 4 is 58.1 Å². The van der Waals surface area contributed by atoms with E-state index in [4.69, 9.17) is 26.2 Å². The molecule has 11 heteroatoms. The van der Waals surface area contributed by atoms with E-state index < -0.39 is 0 Å². The molecule has 7 rings (SSSR count). The van der Waals surface area contributed by atoms with Crippen LogP contribution < -0.4 is 4.74 Å². The number of nitrogens with zero attached hydrogens (tertiary/aromatic N) is 4. The third-order valence-corrected chi connectivity index (χ3v) is 11.2. The average molecular weight is 704 g/mol. The van der Waals surface area contributed by atoms with Gasteiger partial charge in [0.25, 0.3) is 0 Å². The van der Waals surface area contributed by atoms with Crippen LogP contribution in [0, 0.1) is 6.92 Å². The number of carbonyl (C=O) groups excluding carboxylic acids is 1. The number of aromatic nitrogens is 5. The van der Waals surface area contributed by atoms with Crippen molar-refractivity contribution in [3.05, 3.63) is 86.6 Å². The van der Waals surface area contributed by atoms with Crippen LogP contribution in [0.3, 0.4) is 0 Å². The molecule has 0 saturated heterocycles. The standard InChI is InChI=1S/C35H36ClN5O3S2.C2H6/c1-20-31-29(39-41(20)3)19-45-17-22-15-23(38-37-22)18-46-24-14-21-8-5-6-9-25(21)30(16-24)44-13-7-10-26-27-11-12-28(36)32(31)33(27)40(2)34(26)35(42)43-4;1-2/h6,9,11-12,14-16H,5,7-8,10,13,17-19H2,1-4H3,(H,37,38);1-2H3. The highest BCUT2D eigenvalue weighted by molar-refractivity contribution is 7.98. The van der Waals surface area contributed by atoms with Crippen LogP contribution in [0.4, 0.5) is 0 Å². The van der Waals surface area contributed by atoms with Gasteiger partial charge in [-0.05, 0) is 68.0 Å². The molecule has 5 aromatic rings. The van der Waals surface area contributed by atoms with Gasteiger partial charge in [-0.1, -0.05) is 43.7 Å². The number of H-pyrrole nitrogens is 1. The van der Waals surface area contributed by atoms with Gasteiger partial charge < -0.3 is 14.0 Å². The number of hydrogen-bond acceptors (Lipinski definition) is 7. The number of nitrogens with one attached hydrogen (secondary N) is 1. The first-order chi connectivity index (χ1) is 23.3. The summed E-state index contributed by atoms with van der Waals surface area (Å²) in [5, 5.41) is 14.4. The van der Waals surface area contributed by atoms with Crippen LogP contribution in [0.2, 0.25) is 5.02 Å². The second kappa shape index (κ2) is 14.9. The van der Waals surface area contributed by atoms with Crippen LogP contribution in [-0.2, 0) is 48.9 Å². The number of allylic oxidation sites excluding steroid dienone is 1. The van der Waals surface area contributed by atoms with E-state index in [-0.39, 0.29) is 5.97 Å². The van der Waals surface area contributed by atoms with Crippen LogP contribution in [-0.4, -0.2) is 44.2 Å². The van der Waals surface area contributed by atoms with Crippen molar-refractivity contribution in [3.63, 3.8) is 0 Å². The number of ether oxygens (including phenoxy) is 2. The number of rotatable bonds is 1. The first-order valence-electron chi connectivity index (χ1n) is 16.4. The van der Waals surface area contributed by atoms with Gasteiger partial charge in [-0.2, -0.15) is 10.2 Å². The van der Waals surface area contributed by atoms with Gasteiger partial charge in [-0.3, -0.25) is 9.78 Å². The highest BCUT2D eigenvalue weighted by atomic mass is 35.5. The van der Waals surface area contributed by atoms with Crippen LogP contribution in [0.25, 0.3) is 28.1 Å². The molecule has 0 radical (unpaired) electrons.